The Kier molecular flexibility index (Phi) is 7.43. The summed E-state index contributed by atoms with van der Waals surface area (Å²) in [6.07, 6.45) is -4.65. The van der Waals surface area contributed by atoms with Crippen molar-refractivity contribution in [3.05, 3.63) is 58.1 Å². The van der Waals surface area contributed by atoms with Gasteiger partial charge in [0.05, 0.1) is 15.5 Å². The third-order valence-corrected chi connectivity index (χ3v) is 7.70. The largest absolute Gasteiger partial charge is 0.417 e. The molecule has 0 aromatic heterocycles. The molecule has 5 N–H and O–H groups in total. The lowest BCUT2D eigenvalue weighted by molar-refractivity contribution is -0.137. The number of nitrogens with two attached hydrogens (primary N) is 2. The molecule has 0 saturated carbocycles. The van der Waals surface area contributed by atoms with E-state index in [2.05, 4.69) is 5.32 Å². The van der Waals surface area contributed by atoms with Crippen LogP contribution in [0.15, 0.2) is 41.3 Å². The fourth-order valence-corrected chi connectivity index (χ4v) is 5.34. The summed E-state index contributed by atoms with van der Waals surface area (Å²) >= 11 is 5.57. The predicted octanol–water partition coefficient (Wildman–Crippen LogP) is 2.60. The summed E-state index contributed by atoms with van der Waals surface area (Å²) < 4.78 is 66.1. The Morgan fingerprint density at radius 1 is 0.971 bits per heavy atom. The van der Waals surface area contributed by atoms with Gasteiger partial charge in [-0.3, -0.25) is 14.4 Å². The van der Waals surface area contributed by atoms with E-state index in [0.29, 0.717) is 6.07 Å². The summed E-state index contributed by atoms with van der Waals surface area (Å²) in [5, 5.41) is 1.94. The number of nitrogens with zero attached hydrogens (tertiary/aromatic N) is 1. The summed E-state index contributed by atoms with van der Waals surface area (Å²) in [5.41, 5.74) is 9.23. The van der Waals surface area contributed by atoms with Crippen LogP contribution < -0.4 is 16.8 Å². The van der Waals surface area contributed by atoms with Crippen molar-refractivity contribution < 1.29 is 36.0 Å². The van der Waals surface area contributed by atoms with Gasteiger partial charge in [0.2, 0.25) is 27.7 Å². The fourth-order valence-electron chi connectivity index (χ4n) is 3.62. The van der Waals surface area contributed by atoms with Crippen LogP contribution in [0, 0.1) is 5.92 Å². The van der Waals surface area contributed by atoms with E-state index >= 15 is 0 Å². The van der Waals surface area contributed by atoms with Crippen LogP contribution in [0.25, 0.3) is 0 Å². The number of hydrogen-bond acceptors (Lipinski definition) is 5. The van der Waals surface area contributed by atoms with Crippen molar-refractivity contribution in [1.29, 1.82) is 0 Å². The number of amides is 3. The molecular formula is C21H20ClF3N4O5S. The minimum absolute atomic E-state index is 0.0429. The standard InChI is InChI=1S/C21H20ClF3N4O5S/c22-17-2-1-15(10-16(17)21(23,24)25)35(33,34)29-5-3-11(4-6-29)20(32)28-14-8-12(18(26)30)7-13(9-14)19(27)31/h1-2,7-11H,3-6H2,(H2,26,30)(H2,27,31)(H,28,32). The molecule has 2 aromatic carbocycles. The van der Waals surface area contributed by atoms with Gasteiger partial charge in [0, 0.05) is 35.8 Å². The molecule has 9 nitrogen and oxygen atoms in total. The van der Waals surface area contributed by atoms with Crippen molar-refractivity contribution in [2.45, 2.75) is 23.9 Å². The average Bonchev–Trinajstić information content (AvgIpc) is 2.78. The van der Waals surface area contributed by atoms with Crippen molar-refractivity contribution in [2.75, 3.05) is 18.4 Å². The number of carbonyl (C=O) groups is 3. The van der Waals surface area contributed by atoms with Crippen molar-refractivity contribution in [2.24, 2.45) is 17.4 Å². The average molecular weight is 533 g/mol. The van der Waals surface area contributed by atoms with Crippen LogP contribution >= 0.6 is 11.6 Å². The molecule has 3 amide bonds. The lowest BCUT2D eigenvalue weighted by atomic mass is 9.97. The molecule has 3 rings (SSSR count). The fraction of sp³-hybridized carbons (Fsp3) is 0.286. The minimum Gasteiger partial charge on any atom is -0.366 e. The number of carbonyl (C=O) groups excluding carboxylic acids is 3. The van der Waals surface area contributed by atoms with Gasteiger partial charge in [-0.25, -0.2) is 8.42 Å². The molecule has 0 aliphatic carbocycles. The first kappa shape index (κ1) is 26.4. The topological polar surface area (TPSA) is 153 Å². The quantitative estimate of drug-likeness (QED) is 0.522. The number of nitrogens with one attached hydrogen (secondary N) is 1. The van der Waals surface area contributed by atoms with Crippen molar-refractivity contribution in [1.82, 2.24) is 4.31 Å². The van der Waals surface area contributed by atoms with Gasteiger partial charge in [0.1, 0.15) is 0 Å². The molecule has 1 heterocycles. The van der Waals surface area contributed by atoms with E-state index in [1.807, 2.05) is 0 Å². The van der Waals surface area contributed by atoms with Crippen molar-refractivity contribution in [3.8, 4) is 0 Å². The molecule has 35 heavy (non-hydrogen) atoms. The monoisotopic (exact) mass is 532 g/mol. The summed E-state index contributed by atoms with van der Waals surface area (Å²) in [4.78, 5) is 35.1. The maximum atomic E-state index is 13.1. The first-order valence-electron chi connectivity index (χ1n) is 10.1. The van der Waals surface area contributed by atoms with Crippen LogP contribution in [0.4, 0.5) is 18.9 Å². The highest BCUT2D eigenvalue weighted by molar-refractivity contribution is 7.89. The number of alkyl halides is 3. The van der Waals surface area contributed by atoms with Gasteiger partial charge < -0.3 is 16.8 Å². The van der Waals surface area contributed by atoms with E-state index in [0.717, 1.165) is 16.4 Å². The highest BCUT2D eigenvalue weighted by Gasteiger charge is 2.37. The second-order valence-electron chi connectivity index (χ2n) is 7.83. The Morgan fingerprint density at radius 3 is 2.00 bits per heavy atom. The molecule has 1 aliphatic heterocycles. The molecule has 1 saturated heterocycles. The van der Waals surface area contributed by atoms with Gasteiger partial charge in [-0.15, -0.1) is 0 Å². The van der Waals surface area contributed by atoms with E-state index < -0.39 is 55.3 Å². The number of benzene rings is 2. The SMILES string of the molecule is NC(=O)c1cc(NC(=O)C2CCN(S(=O)(=O)c3ccc(Cl)c(C(F)(F)F)c3)CC2)cc(C(N)=O)c1. The van der Waals surface area contributed by atoms with Gasteiger partial charge in [-0.1, -0.05) is 11.6 Å². The number of anilines is 1. The Balaban J connectivity index is 1.72. The van der Waals surface area contributed by atoms with E-state index in [9.17, 15) is 36.0 Å². The number of primary amides is 2. The molecular weight excluding hydrogens is 513 g/mol. The van der Waals surface area contributed by atoms with Crippen LogP contribution in [0.2, 0.25) is 5.02 Å². The lowest BCUT2D eigenvalue weighted by Crippen LogP contribution is -2.41. The number of halogens is 4. The van der Waals surface area contributed by atoms with Gasteiger partial charge in [-0.2, -0.15) is 17.5 Å². The first-order valence-corrected chi connectivity index (χ1v) is 11.9. The Bertz CT molecular complexity index is 1260. The maximum absolute atomic E-state index is 13.1. The number of piperidine rings is 1. The van der Waals surface area contributed by atoms with E-state index in [4.69, 9.17) is 23.1 Å². The number of hydrogen-bond donors (Lipinski definition) is 3. The molecule has 14 heteroatoms. The summed E-state index contributed by atoms with van der Waals surface area (Å²) in [6, 6.07) is 6.07. The van der Waals surface area contributed by atoms with Crippen LogP contribution in [0.5, 0.6) is 0 Å². The van der Waals surface area contributed by atoms with E-state index in [-0.39, 0.29) is 42.7 Å². The van der Waals surface area contributed by atoms with E-state index in [1.54, 1.807) is 0 Å². The van der Waals surface area contributed by atoms with E-state index in [1.165, 1.54) is 18.2 Å². The molecule has 2 aromatic rings. The molecule has 0 spiro atoms. The molecule has 0 radical (unpaired) electrons. The third kappa shape index (κ3) is 5.92. The molecule has 0 bridgehead atoms. The van der Waals surface area contributed by atoms with Crippen LogP contribution in [0.1, 0.15) is 39.1 Å². The Hall–Kier alpha value is -3.16. The molecule has 1 fully saturated rings. The highest BCUT2D eigenvalue weighted by atomic mass is 35.5. The zero-order chi connectivity index (χ0) is 26.1. The number of sulfonamides is 1. The molecule has 188 valence electrons. The Labute approximate surface area is 203 Å². The minimum atomic E-state index is -4.83. The molecule has 1 aliphatic rings. The summed E-state index contributed by atoms with van der Waals surface area (Å²) in [5.74, 6) is -2.80. The summed E-state index contributed by atoms with van der Waals surface area (Å²) in [7, 11) is -4.26. The van der Waals surface area contributed by atoms with Gasteiger partial charge in [0.15, 0.2) is 0 Å². The van der Waals surface area contributed by atoms with Crippen molar-refractivity contribution in [3.63, 3.8) is 0 Å². The summed E-state index contributed by atoms with van der Waals surface area (Å²) in [6.45, 7) is -0.226. The van der Waals surface area contributed by atoms with Crippen molar-refractivity contribution >= 4 is 45.0 Å². The second-order valence-corrected chi connectivity index (χ2v) is 10.2. The second kappa shape index (κ2) is 9.84. The van der Waals surface area contributed by atoms with Gasteiger partial charge in [-0.05, 0) is 49.2 Å². The molecule has 0 unspecified atom stereocenters. The number of rotatable bonds is 6. The van der Waals surface area contributed by atoms with Gasteiger partial charge in [0.25, 0.3) is 0 Å². The third-order valence-electron chi connectivity index (χ3n) is 5.48. The normalized spacial score (nSPS) is 15.5. The lowest BCUT2D eigenvalue weighted by Gasteiger charge is -2.30. The van der Waals surface area contributed by atoms with Crippen LogP contribution in [0.3, 0.4) is 0 Å². The van der Waals surface area contributed by atoms with Crippen LogP contribution in [-0.4, -0.2) is 43.5 Å². The first-order chi connectivity index (χ1) is 16.2. The zero-order valence-electron chi connectivity index (χ0n) is 17.9. The zero-order valence-corrected chi connectivity index (χ0v) is 19.5. The van der Waals surface area contributed by atoms with Gasteiger partial charge >= 0.3 is 6.18 Å². The highest BCUT2D eigenvalue weighted by Crippen LogP contribution is 2.37. The smallest absolute Gasteiger partial charge is 0.366 e. The maximum Gasteiger partial charge on any atom is 0.417 e. The predicted molar refractivity (Wildman–Crippen MR) is 120 cm³/mol. The van der Waals surface area contributed by atoms with Crippen LogP contribution in [-0.2, 0) is 21.0 Å². The Morgan fingerprint density at radius 2 is 1.51 bits per heavy atom. The molecule has 0 atom stereocenters.